The van der Waals surface area contributed by atoms with Crippen molar-refractivity contribution in [2.45, 2.75) is 71.4 Å². The van der Waals surface area contributed by atoms with Crippen molar-refractivity contribution in [2.75, 3.05) is 13.7 Å². The average Bonchev–Trinajstić information content (AvgIpc) is 2.91. The molecular weight excluding hydrogens is 280 g/mol. The van der Waals surface area contributed by atoms with Crippen molar-refractivity contribution in [3.63, 3.8) is 0 Å². The summed E-state index contributed by atoms with van der Waals surface area (Å²) in [5, 5.41) is 4.85. The minimum atomic E-state index is 0.643. The molecule has 1 aromatic heterocycles. The van der Waals surface area contributed by atoms with Gasteiger partial charge in [0.1, 0.15) is 0 Å². The average molecular weight is 311 g/mol. The summed E-state index contributed by atoms with van der Waals surface area (Å²) >= 11 is 1.91. The quantitative estimate of drug-likeness (QED) is 0.719. The second-order valence-electron chi connectivity index (χ2n) is 6.16. The molecule has 1 fully saturated rings. The van der Waals surface area contributed by atoms with E-state index in [9.17, 15) is 0 Å². The van der Waals surface area contributed by atoms with Gasteiger partial charge < -0.3 is 10.1 Å². The molecule has 120 valence electrons. The first-order chi connectivity index (χ1) is 10.3. The number of aromatic nitrogens is 1. The summed E-state index contributed by atoms with van der Waals surface area (Å²) in [6.45, 7) is 7.18. The summed E-state index contributed by atoms with van der Waals surface area (Å²) in [7, 11) is 1.76. The zero-order valence-electron chi connectivity index (χ0n) is 13.8. The van der Waals surface area contributed by atoms with E-state index < -0.39 is 0 Å². The minimum Gasteiger partial charge on any atom is -0.378 e. The van der Waals surface area contributed by atoms with E-state index in [1.165, 1.54) is 48.4 Å². The van der Waals surface area contributed by atoms with E-state index in [1.54, 1.807) is 7.11 Å². The zero-order valence-corrected chi connectivity index (χ0v) is 14.6. The third-order valence-corrected chi connectivity index (χ3v) is 5.82. The number of thiazole rings is 1. The highest BCUT2D eigenvalue weighted by molar-refractivity contribution is 7.11. The van der Waals surface area contributed by atoms with Crippen molar-refractivity contribution in [2.24, 2.45) is 5.92 Å². The maximum atomic E-state index is 5.33. The van der Waals surface area contributed by atoms with Crippen molar-refractivity contribution >= 4 is 11.3 Å². The van der Waals surface area contributed by atoms with E-state index in [2.05, 4.69) is 19.2 Å². The van der Waals surface area contributed by atoms with Gasteiger partial charge in [0.05, 0.1) is 17.3 Å². The molecule has 2 rings (SSSR count). The molecule has 1 heterocycles. The van der Waals surface area contributed by atoms with Crippen LogP contribution in [0.5, 0.6) is 0 Å². The fraction of sp³-hybridized carbons (Fsp3) is 0.824. The van der Waals surface area contributed by atoms with Crippen molar-refractivity contribution < 1.29 is 4.74 Å². The van der Waals surface area contributed by atoms with Gasteiger partial charge in [0.25, 0.3) is 0 Å². The van der Waals surface area contributed by atoms with Crippen LogP contribution in [0.15, 0.2) is 0 Å². The van der Waals surface area contributed by atoms with E-state index in [-0.39, 0.29) is 0 Å². The highest BCUT2D eigenvalue weighted by Crippen LogP contribution is 2.39. The van der Waals surface area contributed by atoms with E-state index >= 15 is 0 Å². The Morgan fingerprint density at radius 3 is 2.62 bits per heavy atom. The lowest BCUT2D eigenvalue weighted by molar-refractivity contribution is 0.181. The van der Waals surface area contributed by atoms with Gasteiger partial charge in [-0.2, -0.15) is 0 Å². The number of ether oxygens (including phenoxy) is 1. The van der Waals surface area contributed by atoms with Crippen LogP contribution in [-0.2, 0) is 17.9 Å². The predicted octanol–water partition coefficient (Wildman–Crippen LogP) is 4.47. The Balaban J connectivity index is 2.00. The summed E-state index contributed by atoms with van der Waals surface area (Å²) in [5.41, 5.74) is 1.15. The highest BCUT2D eigenvalue weighted by atomic mass is 32.1. The molecule has 0 atom stereocenters. The smallest absolute Gasteiger partial charge is 0.0963 e. The van der Waals surface area contributed by atoms with Gasteiger partial charge in [0.2, 0.25) is 0 Å². The van der Waals surface area contributed by atoms with Gasteiger partial charge in [0.15, 0.2) is 0 Å². The Bertz CT molecular complexity index is 411. The molecule has 0 aromatic carbocycles. The standard InChI is InChI=1S/C17H30N2OS/c1-4-10-18-11-16-15(12-20-3)19-17(21-16)14-8-6-13(5-2)7-9-14/h13-14,18H,4-12H2,1-3H3. The molecule has 0 saturated heterocycles. The number of hydrogen-bond donors (Lipinski definition) is 1. The molecule has 0 spiro atoms. The van der Waals surface area contributed by atoms with Gasteiger partial charge in [-0.05, 0) is 44.6 Å². The van der Waals surface area contributed by atoms with E-state index in [1.807, 2.05) is 11.3 Å². The molecule has 1 aliphatic carbocycles. The molecular formula is C17H30N2OS. The van der Waals surface area contributed by atoms with Gasteiger partial charge in [0, 0.05) is 24.4 Å². The van der Waals surface area contributed by atoms with Gasteiger partial charge in [-0.1, -0.05) is 20.3 Å². The van der Waals surface area contributed by atoms with Gasteiger partial charge in [-0.15, -0.1) is 11.3 Å². The van der Waals surface area contributed by atoms with Crippen LogP contribution < -0.4 is 5.32 Å². The van der Waals surface area contributed by atoms with Crippen molar-refractivity contribution in [1.29, 1.82) is 0 Å². The fourth-order valence-electron chi connectivity index (χ4n) is 3.16. The first-order valence-corrected chi connectivity index (χ1v) is 9.28. The van der Waals surface area contributed by atoms with E-state index in [4.69, 9.17) is 9.72 Å². The number of hydrogen-bond acceptors (Lipinski definition) is 4. The van der Waals surface area contributed by atoms with E-state index in [0.717, 1.165) is 24.7 Å². The monoisotopic (exact) mass is 310 g/mol. The van der Waals surface area contributed by atoms with Crippen LogP contribution in [0, 0.1) is 5.92 Å². The lowest BCUT2D eigenvalue weighted by atomic mass is 9.81. The normalized spacial score (nSPS) is 22.6. The van der Waals surface area contributed by atoms with Crippen LogP contribution in [0.4, 0.5) is 0 Å². The molecule has 0 aliphatic heterocycles. The molecule has 1 aliphatic rings. The fourth-order valence-corrected chi connectivity index (χ4v) is 4.37. The molecule has 1 saturated carbocycles. The van der Waals surface area contributed by atoms with Crippen molar-refractivity contribution in [3.8, 4) is 0 Å². The first kappa shape index (κ1) is 16.9. The number of nitrogens with one attached hydrogen (secondary N) is 1. The van der Waals surface area contributed by atoms with Crippen LogP contribution in [0.25, 0.3) is 0 Å². The van der Waals surface area contributed by atoms with Crippen LogP contribution in [0.1, 0.15) is 73.9 Å². The summed E-state index contributed by atoms with van der Waals surface area (Å²) in [4.78, 5) is 6.28. The predicted molar refractivity (Wildman–Crippen MR) is 89.8 cm³/mol. The maximum Gasteiger partial charge on any atom is 0.0963 e. The molecule has 0 bridgehead atoms. The molecule has 1 N–H and O–H groups in total. The molecule has 21 heavy (non-hydrogen) atoms. The lowest BCUT2D eigenvalue weighted by Crippen LogP contribution is -2.14. The topological polar surface area (TPSA) is 34.2 Å². The van der Waals surface area contributed by atoms with Gasteiger partial charge in [-0.3, -0.25) is 0 Å². The molecule has 1 aromatic rings. The first-order valence-electron chi connectivity index (χ1n) is 8.46. The summed E-state index contributed by atoms with van der Waals surface area (Å²) < 4.78 is 5.33. The minimum absolute atomic E-state index is 0.643. The largest absolute Gasteiger partial charge is 0.378 e. The SMILES string of the molecule is CCCNCc1sc(C2CCC(CC)CC2)nc1COC. The summed E-state index contributed by atoms with van der Waals surface area (Å²) in [5.74, 6) is 1.64. The Hall–Kier alpha value is -0.450. The molecule has 3 nitrogen and oxygen atoms in total. The van der Waals surface area contributed by atoms with Crippen molar-refractivity contribution in [1.82, 2.24) is 10.3 Å². The van der Waals surface area contributed by atoms with E-state index in [0.29, 0.717) is 12.5 Å². The van der Waals surface area contributed by atoms with Crippen LogP contribution >= 0.6 is 11.3 Å². The Morgan fingerprint density at radius 2 is 2.00 bits per heavy atom. The van der Waals surface area contributed by atoms with Crippen LogP contribution in [0.3, 0.4) is 0 Å². The Labute approximate surface area is 133 Å². The second kappa shape index (κ2) is 8.86. The summed E-state index contributed by atoms with van der Waals surface area (Å²) in [6, 6.07) is 0. The van der Waals surface area contributed by atoms with Crippen LogP contribution in [-0.4, -0.2) is 18.6 Å². The second-order valence-corrected chi connectivity index (χ2v) is 7.27. The third-order valence-electron chi connectivity index (χ3n) is 4.56. The van der Waals surface area contributed by atoms with Crippen molar-refractivity contribution in [3.05, 3.63) is 15.6 Å². The Kier molecular flexibility index (Phi) is 7.14. The maximum absolute atomic E-state index is 5.33. The zero-order chi connectivity index (χ0) is 15.1. The molecule has 4 heteroatoms. The Morgan fingerprint density at radius 1 is 1.24 bits per heavy atom. The molecule has 0 radical (unpaired) electrons. The van der Waals surface area contributed by atoms with Gasteiger partial charge in [-0.25, -0.2) is 4.98 Å². The molecule has 0 amide bonds. The number of rotatable bonds is 8. The van der Waals surface area contributed by atoms with Crippen LogP contribution in [0.2, 0.25) is 0 Å². The summed E-state index contributed by atoms with van der Waals surface area (Å²) in [6.07, 6.45) is 7.91. The lowest BCUT2D eigenvalue weighted by Gasteiger charge is -2.26. The molecule has 0 unspecified atom stereocenters. The van der Waals surface area contributed by atoms with Gasteiger partial charge >= 0.3 is 0 Å². The third kappa shape index (κ3) is 4.76. The number of nitrogens with zero attached hydrogens (tertiary/aromatic N) is 1. The number of methoxy groups -OCH3 is 1. The highest BCUT2D eigenvalue weighted by Gasteiger charge is 2.24.